The Kier molecular flexibility index (Phi) is 9.38. The van der Waals surface area contributed by atoms with Crippen LogP contribution in [0.2, 0.25) is 0 Å². The van der Waals surface area contributed by atoms with Crippen molar-refractivity contribution in [2.75, 3.05) is 71.1 Å². The molecular formula is C45H50F2N6O6. The Morgan fingerprint density at radius 1 is 1.07 bits per heavy atom. The first-order chi connectivity index (χ1) is 28.5. The Morgan fingerprint density at radius 2 is 1.86 bits per heavy atom. The number of carbonyl (C=O) groups is 1. The second-order valence-corrected chi connectivity index (χ2v) is 18.1. The predicted octanol–water partition coefficient (Wildman–Crippen LogP) is 5.53. The lowest BCUT2D eigenvalue weighted by Gasteiger charge is -2.46. The molecule has 3 saturated carbocycles. The number of hydrogen-bond acceptors (Lipinski definition) is 11. The highest BCUT2D eigenvalue weighted by Gasteiger charge is 2.59. The number of aromatic hydroxyl groups is 1. The van der Waals surface area contributed by atoms with Gasteiger partial charge in [0.2, 0.25) is 11.8 Å². The summed E-state index contributed by atoms with van der Waals surface area (Å²) in [6, 6.07) is 5.71. The third-order valence-electron chi connectivity index (χ3n) is 14.1. The number of anilines is 1. The highest BCUT2D eigenvalue weighted by atomic mass is 19.1. The van der Waals surface area contributed by atoms with Gasteiger partial charge in [0.25, 0.3) is 0 Å². The van der Waals surface area contributed by atoms with E-state index in [-0.39, 0.29) is 87.7 Å². The summed E-state index contributed by atoms with van der Waals surface area (Å²) in [7, 11) is 1.40. The molecule has 6 atom stereocenters. The van der Waals surface area contributed by atoms with Crippen molar-refractivity contribution in [3.63, 3.8) is 0 Å². The molecule has 6 aliphatic rings. The van der Waals surface area contributed by atoms with Gasteiger partial charge >= 0.3 is 6.01 Å². The highest BCUT2D eigenvalue weighted by molar-refractivity contribution is 6.04. The number of phenols is 1. The molecule has 310 valence electrons. The van der Waals surface area contributed by atoms with Crippen LogP contribution in [0.15, 0.2) is 24.3 Å². The van der Waals surface area contributed by atoms with Crippen LogP contribution in [0.25, 0.3) is 32.9 Å². The highest BCUT2D eigenvalue weighted by Crippen LogP contribution is 2.55. The minimum atomic E-state index is -1.25. The first-order valence-electron chi connectivity index (χ1n) is 21.1. The fourth-order valence-electron chi connectivity index (χ4n) is 11.1. The summed E-state index contributed by atoms with van der Waals surface area (Å²) in [5.74, 6) is 3.37. The van der Waals surface area contributed by atoms with Crippen molar-refractivity contribution in [2.24, 2.45) is 29.1 Å². The summed E-state index contributed by atoms with van der Waals surface area (Å²) < 4.78 is 50.7. The quantitative estimate of drug-likeness (QED) is 0.207. The number of β-amino-alcohol motifs (C(OH)–C–C–N with tert-alkyl or cyclic N) is 1. The van der Waals surface area contributed by atoms with E-state index >= 15 is 8.78 Å². The van der Waals surface area contributed by atoms with Gasteiger partial charge in [0, 0.05) is 54.5 Å². The maximum atomic E-state index is 17.4. The Morgan fingerprint density at radius 3 is 2.63 bits per heavy atom. The average Bonchev–Trinajstić information content (AvgIpc) is 4.09. The number of aromatic nitrogens is 3. The van der Waals surface area contributed by atoms with Gasteiger partial charge in [0.15, 0.2) is 5.82 Å². The molecule has 0 bridgehead atoms. The number of benzene rings is 2. The molecule has 2 aromatic carbocycles. The van der Waals surface area contributed by atoms with Crippen LogP contribution in [0.5, 0.6) is 17.6 Å². The first kappa shape index (κ1) is 38.4. The van der Waals surface area contributed by atoms with E-state index in [1.807, 2.05) is 4.90 Å². The molecule has 3 aliphatic heterocycles. The fraction of sp³-hybridized carbons (Fsp3) is 0.556. The number of nitrogens with zero attached hydrogens (tertiary/aromatic N) is 6. The van der Waals surface area contributed by atoms with Gasteiger partial charge < -0.3 is 34.2 Å². The third-order valence-corrected chi connectivity index (χ3v) is 14.1. The number of pyridine rings is 1. The van der Waals surface area contributed by atoms with E-state index in [1.54, 1.807) is 6.92 Å². The molecule has 2 aromatic heterocycles. The maximum absolute atomic E-state index is 17.4. The molecular weight excluding hydrogens is 759 g/mol. The maximum Gasteiger partial charge on any atom is 0.319 e. The molecule has 4 aromatic rings. The zero-order valence-electron chi connectivity index (χ0n) is 33.6. The Labute approximate surface area is 341 Å². The number of amides is 1. The first-order valence-corrected chi connectivity index (χ1v) is 21.1. The number of ether oxygens (including phenoxy) is 3. The number of fused-ring (bicyclic) bond motifs is 4. The standard InChI is InChI=1S/C45H50F2N6O6/c1-4-28-33(46)11-10-26-17-27(54)18-29(35(26)28)38-37(47)39-36(41(48-38)57-3)40(52-15-16-58-23-44(2,56)22-52)50-43(49-39)59-24-45-12-5-7-34(45)51(14-6-13-45)19-30-31-20-53(21-32(30)31)42(55)25-8-9-25/h1,10-11,17-18,25,30-32,34,54,56H,5-9,12-16,19-24H2,2-3H3/t30?,31-,32+,34-,44+,45-/m1/s1. The number of rotatable bonds is 9. The van der Waals surface area contributed by atoms with Crippen molar-refractivity contribution >= 4 is 33.4 Å². The van der Waals surface area contributed by atoms with E-state index in [4.69, 9.17) is 30.6 Å². The van der Waals surface area contributed by atoms with Crippen LogP contribution in [0.3, 0.4) is 0 Å². The minimum Gasteiger partial charge on any atom is -0.508 e. The van der Waals surface area contributed by atoms with Crippen LogP contribution in [0.4, 0.5) is 14.6 Å². The largest absolute Gasteiger partial charge is 0.508 e. The molecule has 6 fully saturated rings. The van der Waals surface area contributed by atoms with E-state index < -0.39 is 17.2 Å². The van der Waals surface area contributed by atoms with Gasteiger partial charge in [-0.3, -0.25) is 9.69 Å². The molecule has 3 saturated heterocycles. The van der Waals surface area contributed by atoms with Crippen LogP contribution < -0.4 is 14.4 Å². The number of carbonyl (C=O) groups excluding carboxylic acids is 1. The van der Waals surface area contributed by atoms with Crippen molar-refractivity contribution in [1.82, 2.24) is 24.8 Å². The van der Waals surface area contributed by atoms with E-state index in [0.29, 0.717) is 48.2 Å². The van der Waals surface area contributed by atoms with Crippen LogP contribution in [-0.4, -0.2) is 119 Å². The molecule has 5 heterocycles. The van der Waals surface area contributed by atoms with Gasteiger partial charge in [-0.25, -0.2) is 13.8 Å². The Balaban J connectivity index is 1.01. The van der Waals surface area contributed by atoms with E-state index in [1.165, 1.54) is 31.4 Å². The van der Waals surface area contributed by atoms with Crippen molar-refractivity contribution in [1.29, 1.82) is 0 Å². The van der Waals surface area contributed by atoms with Crippen LogP contribution in [-0.2, 0) is 9.53 Å². The number of phenolic OH excluding ortho intramolecular Hbond substituents is 1. The molecule has 10 rings (SSSR count). The number of terminal acetylenes is 1. The molecule has 0 spiro atoms. The Bertz CT molecular complexity index is 2390. The second-order valence-electron chi connectivity index (χ2n) is 18.1. The number of hydrogen-bond donors (Lipinski definition) is 2. The summed E-state index contributed by atoms with van der Waals surface area (Å²) in [6.45, 7) is 6.72. The summed E-state index contributed by atoms with van der Waals surface area (Å²) in [5.41, 5.74) is -1.81. The normalized spacial score (nSPS) is 29.3. The number of likely N-dealkylation sites (tertiary alicyclic amines) is 2. The Hall–Kier alpha value is -4.84. The van der Waals surface area contributed by atoms with Gasteiger partial charge in [-0.2, -0.15) is 9.97 Å². The predicted molar refractivity (Wildman–Crippen MR) is 216 cm³/mol. The number of aliphatic hydroxyl groups is 1. The molecule has 59 heavy (non-hydrogen) atoms. The smallest absolute Gasteiger partial charge is 0.319 e. The lowest BCUT2D eigenvalue weighted by Crippen LogP contribution is -2.52. The molecule has 0 radical (unpaired) electrons. The average molecular weight is 809 g/mol. The third kappa shape index (κ3) is 6.70. The van der Waals surface area contributed by atoms with Crippen molar-refractivity contribution < 1.29 is 38.0 Å². The molecule has 3 aliphatic carbocycles. The van der Waals surface area contributed by atoms with Crippen molar-refractivity contribution in [3.8, 4) is 41.2 Å². The number of piperidine rings is 2. The fourth-order valence-corrected chi connectivity index (χ4v) is 11.1. The minimum absolute atomic E-state index is 0.0137. The number of halogens is 2. The summed E-state index contributed by atoms with van der Waals surface area (Å²) >= 11 is 0. The monoisotopic (exact) mass is 808 g/mol. The van der Waals surface area contributed by atoms with E-state index in [9.17, 15) is 15.0 Å². The summed E-state index contributed by atoms with van der Waals surface area (Å²) in [4.78, 5) is 33.6. The zero-order chi connectivity index (χ0) is 40.8. The summed E-state index contributed by atoms with van der Waals surface area (Å²) in [5, 5.41) is 22.8. The van der Waals surface area contributed by atoms with Gasteiger partial charge in [0.05, 0.1) is 39.0 Å². The van der Waals surface area contributed by atoms with Crippen LogP contribution in [0, 0.1) is 53.1 Å². The molecule has 1 amide bonds. The van der Waals surface area contributed by atoms with Crippen molar-refractivity contribution in [3.05, 3.63) is 41.5 Å². The second kappa shape index (κ2) is 14.4. The lowest BCUT2D eigenvalue weighted by atomic mass is 9.75. The molecule has 14 heteroatoms. The van der Waals surface area contributed by atoms with Crippen LogP contribution in [0.1, 0.15) is 57.4 Å². The summed E-state index contributed by atoms with van der Waals surface area (Å²) in [6.07, 6.45) is 13.1. The van der Waals surface area contributed by atoms with Crippen molar-refractivity contribution in [2.45, 2.75) is 63.5 Å². The van der Waals surface area contributed by atoms with Gasteiger partial charge in [-0.15, -0.1) is 6.42 Å². The van der Waals surface area contributed by atoms with Gasteiger partial charge in [-0.05, 0) is 93.3 Å². The van der Waals surface area contributed by atoms with E-state index in [0.717, 1.165) is 71.1 Å². The molecule has 1 unspecified atom stereocenters. The molecule has 12 nitrogen and oxygen atoms in total. The van der Waals surface area contributed by atoms with Gasteiger partial charge in [0.1, 0.15) is 39.6 Å². The van der Waals surface area contributed by atoms with Gasteiger partial charge in [-0.1, -0.05) is 18.4 Å². The van der Waals surface area contributed by atoms with E-state index in [2.05, 4.69) is 20.7 Å². The topological polar surface area (TPSA) is 134 Å². The number of methoxy groups -OCH3 is 1. The zero-order valence-corrected chi connectivity index (χ0v) is 33.6. The lowest BCUT2D eigenvalue weighted by molar-refractivity contribution is -0.132. The SMILES string of the molecule is C#Cc1c(F)ccc2cc(O)cc(-c3nc(OC)c4c(N5CCOC[C@@](C)(O)C5)nc(OC[C@]56CCC[C@H]5N(CC5[C@H]7CN(C(=O)C8CC8)C[C@@H]57)CCC6)nc4c3F)c12. The van der Waals surface area contributed by atoms with Crippen LogP contribution >= 0.6 is 0 Å². The molecule has 2 N–H and O–H groups in total.